The van der Waals surface area contributed by atoms with Crippen LogP contribution in [0.4, 0.5) is 10.1 Å². The first-order chi connectivity index (χ1) is 22.4. The number of fused-ring (bicyclic) bond motifs is 1. The minimum Gasteiger partial charge on any atom is -0.488 e. The van der Waals surface area contributed by atoms with E-state index >= 15 is 0 Å². The number of nitrogens with one attached hydrogen (secondary N) is 1. The van der Waals surface area contributed by atoms with Crippen LogP contribution in [0.15, 0.2) is 47.6 Å². The largest absolute Gasteiger partial charge is 0.488 e. The Labute approximate surface area is 280 Å². The maximum Gasteiger partial charge on any atom is 0.247 e. The van der Waals surface area contributed by atoms with Gasteiger partial charge in [0.2, 0.25) is 12.2 Å². The summed E-state index contributed by atoms with van der Waals surface area (Å²) in [5, 5.41) is 44.9. The molecule has 0 radical (unpaired) electrons. The summed E-state index contributed by atoms with van der Waals surface area (Å²) in [7, 11) is 0. The smallest absolute Gasteiger partial charge is 0.247 e. The molecule has 9 atom stereocenters. The Morgan fingerprint density at radius 1 is 1.09 bits per heavy atom. The van der Waals surface area contributed by atoms with E-state index in [0.717, 1.165) is 17.7 Å². The molecular weight excluding hydrogens is 662 g/mol. The topological polar surface area (TPSA) is 182 Å². The van der Waals surface area contributed by atoms with Gasteiger partial charge < -0.3 is 55.2 Å². The zero-order valence-electron chi connectivity index (χ0n) is 25.5. The zero-order chi connectivity index (χ0) is 34.0. The number of carbonyl (C=O) groups is 1. The molecule has 3 fully saturated rings. The van der Waals surface area contributed by atoms with Crippen LogP contribution in [0.2, 0.25) is 10.0 Å². The Morgan fingerprint density at radius 2 is 1.81 bits per heavy atom. The molecule has 2 saturated heterocycles. The van der Waals surface area contributed by atoms with E-state index in [2.05, 4.69) is 5.32 Å². The Hall–Kier alpha value is -2.98. The van der Waals surface area contributed by atoms with Crippen LogP contribution >= 0.6 is 23.2 Å². The maximum absolute atomic E-state index is 13.7. The molecule has 0 aromatic heterocycles. The van der Waals surface area contributed by atoms with Gasteiger partial charge in [-0.25, -0.2) is 4.39 Å². The van der Waals surface area contributed by atoms with Crippen molar-refractivity contribution in [1.29, 1.82) is 0 Å². The zero-order valence-corrected chi connectivity index (χ0v) is 27.0. The number of carbonyl (C=O) groups excluding carboxylic acids is 1. The number of ether oxygens (including phenoxy) is 5. The van der Waals surface area contributed by atoms with Crippen LogP contribution < -0.4 is 20.5 Å². The Morgan fingerprint density at radius 3 is 2.51 bits per heavy atom. The number of hydrogen-bond donors (Lipinski definition) is 6. The van der Waals surface area contributed by atoms with Crippen LogP contribution in [0, 0.1) is 5.82 Å². The van der Waals surface area contributed by atoms with Crippen LogP contribution in [0.25, 0.3) is 6.08 Å². The second-order valence-corrected chi connectivity index (χ2v) is 12.3. The number of anilines is 1. The first kappa shape index (κ1) is 35.3. The van der Waals surface area contributed by atoms with Crippen LogP contribution in [-0.4, -0.2) is 94.8 Å². The second kappa shape index (κ2) is 15.1. The number of hydrogen-bond acceptors (Lipinski definition) is 11. The van der Waals surface area contributed by atoms with Crippen LogP contribution in [0.3, 0.4) is 0 Å². The quantitative estimate of drug-likeness (QED) is 0.0929. The molecule has 0 spiro atoms. The standard InChI is InChI=1S/C32H37Cl2FN2O10/c1-3-16(6-7-43-22-11-17(35)10-18(33)24(22)34)29-20(38)12-23(47-29)46-21-5-4-15(9-19(21)36)8-14(2)32(42)37-25-26(39)28(41)31-30(27(25)40)44-13-45-31/h4-6,8-11,20,23,25-31,38-41H,3,7,12-13,36H2,1-2H3,(H,37,42)/b14-8+,16-6+/t20-,23+,25+,26-,27+,28+,29+,30-,31+/m0/s1. The van der Waals surface area contributed by atoms with E-state index in [4.69, 9.17) is 52.6 Å². The average molecular weight is 700 g/mol. The lowest BCUT2D eigenvalue weighted by molar-refractivity contribution is -0.155. The molecule has 7 N–H and O–H groups in total. The molecule has 5 rings (SSSR count). The molecule has 2 aromatic rings. The van der Waals surface area contributed by atoms with Crippen molar-refractivity contribution in [2.75, 3.05) is 19.1 Å². The maximum atomic E-state index is 13.7. The van der Waals surface area contributed by atoms with Crippen LogP contribution in [0.5, 0.6) is 11.5 Å². The number of rotatable bonds is 10. The fourth-order valence-electron chi connectivity index (χ4n) is 5.82. The molecule has 1 saturated carbocycles. The van der Waals surface area contributed by atoms with Crippen molar-refractivity contribution < 1.29 is 53.3 Å². The van der Waals surface area contributed by atoms with Crippen molar-refractivity contribution in [3.8, 4) is 11.5 Å². The van der Waals surface area contributed by atoms with Gasteiger partial charge in [-0.2, -0.15) is 0 Å². The van der Waals surface area contributed by atoms with Crippen molar-refractivity contribution in [2.24, 2.45) is 0 Å². The molecule has 15 heteroatoms. The van der Waals surface area contributed by atoms with E-state index in [1.807, 2.05) is 6.92 Å². The predicted octanol–water partition coefficient (Wildman–Crippen LogP) is 2.71. The van der Waals surface area contributed by atoms with Gasteiger partial charge in [0.25, 0.3) is 0 Å². The molecule has 1 aliphatic carbocycles. The molecule has 2 heterocycles. The van der Waals surface area contributed by atoms with Crippen molar-refractivity contribution in [3.63, 3.8) is 0 Å². The summed E-state index contributed by atoms with van der Waals surface area (Å²) in [6, 6.07) is 5.91. The van der Waals surface area contributed by atoms with Crippen LogP contribution in [0.1, 0.15) is 32.3 Å². The van der Waals surface area contributed by atoms with Crippen LogP contribution in [-0.2, 0) is 19.0 Å². The third-order valence-corrected chi connectivity index (χ3v) is 9.12. The van der Waals surface area contributed by atoms with Gasteiger partial charge in [0, 0.05) is 18.1 Å². The fourth-order valence-corrected chi connectivity index (χ4v) is 6.18. The van der Waals surface area contributed by atoms with Gasteiger partial charge in [-0.3, -0.25) is 4.79 Å². The van der Waals surface area contributed by atoms with E-state index in [-0.39, 0.29) is 46.9 Å². The third kappa shape index (κ3) is 7.85. The van der Waals surface area contributed by atoms with E-state index in [1.165, 1.54) is 0 Å². The molecule has 1 amide bonds. The Balaban J connectivity index is 1.18. The molecule has 47 heavy (non-hydrogen) atoms. The van der Waals surface area contributed by atoms with E-state index < -0.39 is 66.8 Å². The highest BCUT2D eigenvalue weighted by molar-refractivity contribution is 6.42. The summed E-state index contributed by atoms with van der Waals surface area (Å²) in [4.78, 5) is 12.9. The molecule has 12 nitrogen and oxygen atoms in total. The molecular formula is C32H37Cl2FN2O10. The number of aliphatic hydroxyl groups excluding tert-OH is 4. The van der Waals surface area contributed by atoms with E-state index in [0.29, 0.717) is 17.7 Å². The number of halogens is 3. The minimum absolute atomic E-state index is 0.0337. The lowest BCUT2D eigenvalue weighted by Gasteiger charge is -2.41. The van der Waals surface area contributed by atoms with Gasteiger partial charge in [0.1, 0.15) is 72.4 Å². The van der Waals surface area contributed by atoms with Crippen molar-refractivity contribution >= 4 is 40.9 Å². The molecule has 0 bridgehead atoms. The first-order valence-electron chi connectivity index (χ1n) is 15.0. The number of amides is 1. The highest BCUT2D eigenvalue weighted by Crippen LogP contribution is 2.35. The number of nitrogens with two attached hydrogens (primary N) is 1. The number of aliphatic hydroxyl groups is 4. The molecule has 256 valence electrons. The Kier molecular flexibility index (Phi) is 11.3. The second-order valence-electron chi connectivity index (χ2n) is 11.5. The van der Waals surface area contributed by atoms with E-state index in [1.54, 1.807) is 37.3 Å². The van der Waals surface area contributed by atoms with Gasteiger partial charge in [0.05, 0.1) is 22.9 Å². The summed E-state index contributed by atoms with van der Waals surface area (Å²) in [5.41, 5.74) is 8.06. The monoisotopic (exact) mass is 698 g/mol. The van der Waals surface area contributed by atoms with Gasteiger partial charge in [0.15, 0.2) is 0 Å². The van der Waals surface area contributed by atoms with Crippen molar-refractivity contribution in [3.05, 3.63) is 69.0 Å². The first-order valence-corrected chi connectivity index (χ1v) is 15.8. The SMILES string of the molecule is CC/C(=C\COc1cc(F)cc(Cl)c1Cl)[C@H]1O[C@@H](Oc2ccc(/C=C(\C)C(=O)N[C@@H]3[C@H](O)[C@@H](O)[C@H]4OCO[C@H]4[C@@H]3O)cc2N)C[C@@H]1O. The van der Waals surface area contributed by atoms with Gasteiger partial charge in [-0.1, -0.05) is 36.2 Å². The summed E-state index contributed by atoms with van der Waals surface area (Å²) in [6.07, 6.45) is -4.26. The third-order valence-electron chi connectivity index (χ3n) is 8.33. The van der Waals surface area contributed by atoms with E-state index in [9.17, 15) is 29.6 Å². The lowest BCUT2D eigenvalue weighted by atomic mass is 9.83. The molecule has 2 aromatic carbocycles. The average Bonchev–Trinajstić information content (AvgIpc) is 3.67. The molecule has 0 unspecified atom stereocenters. The van der Waals surface area contributed by atoms with Gasteiger partial charge in [-0.15, -0.1) is 0 Å². The molecule has 2 aliphatic heterocycles. The normalized spacial score (nSPS) is 31.0. The highest BCUT2D eigenvalue weighted by atomic mass is 35.5. The highest BCUT2D eigenvalue weighted by Gasteiger charge is 2.53. The fraction of sp³-hybridized carbons (Fsp3) is 0.469. The molecule has 3 aliphatic rings. The number of nitrogen functional groups attached to an aromatic ring is 1. The number of benzene rings is 2. The van der Waals surface area contributed by atoms with Crippen molar-refractivity contribution in [2.45, 2.75) is 81.7 Å². The summed E-state index contributed by atoms with van der Waals surface area (Å²) >= 11 is 12.0. The van der Waals surface area contributed by atoms with Gasteiger partial charge in [-0.05, 0) is 54.8 Å². The summed E-state index contributed by atoms with van der Waals surface area (Å²) < 4.78 is 41.8. The van der Waals surface area contributed by atoms with Gasteiger partial charge >= 0.3 is 0 Å². The predicted molar refractivity (Wildman–Crippen MR) is 169 cm³/mol. The summed E-state index contributed by atoms with van der Waals surface area (Å²) in [6.45, 7) is 3.34. The van der Waals surface area contributed by atoms with Crippen molar-refractivity contribution in [1.82, 2.24) is 5.32 Å². The Bertz CT molecular complexity index is 1530. The minimum atomic E-state index is -1.47. The summed E-state index contributed by atoms with van der Waals surface area (Å²) in [5.74, 6) is -0.764. The lowest BCUT2D eigenvalue weighted by Crippen LogP contribution is -2.67.